The van der Waals surface area contributed by atoms with E-state index in [1.54, 1.807) is 12.1 Å². The van der Waals surface area contributed by atoms with Crippen LogP contribution in [-0.4, -0.2) is 33.3 Å². The fraction of sp³-hybridized carbons (Fsp3) is 0.125. The molecule has 0 unspecified atom stereocenters. The van der Waals surface area contributed by atoms with Crippen molar-refractivity contribution < 1.29 is 13.2 Å². The van der Waals surface area contributed by atoms with Crippen LogP contribution in [0.3, 0.4) is 0 Å². The third-order valence-electron chi connectivity index (χ3n) is 3.14. The monoisotopic (exact) mass is 477 g/mol. The molecule has 26 heavy (non-hydrogen) atoms. The van der Waals surface area contributed by atoms with E-state index in [4.69, 9.17) is 23.2 Å². The Morgan fingerprint density at radius 3 is 2.50 bits per heavy atom. The molecule has 0 aliphatic rings. The molecule has 2 aromatic carbocycles. The minimum Gasteiger partial charge on any atom is -0.271 e. The minimum atomic E-state index is -3.76. The van der Waals surface area contributed by atoms with Crippen LogP contribution in [0.1, 0.15) is 5.56 Å². The second kappa shape index (κ2) is 8.85. The zero-order valence-corrected chi connectivity index (χ0v) is 17.4. The number of nitrogens with one attached hydrogen (secondary N) is 1. The van der Waals surface area contributed by atoms with Gasteiger partial charge in [-0.25, -0.2) is 13.8 Å². The standard InChI is InChI=1S/C16H14BrCl2N3O3S/c1-26(24,25)22(15-8-13(18)6-7-14(15)19)10-16(23)21-20-9-11-2-4-12(17)5-3-11/h2-9H,10H2,1H3,(H,21,23)/b20-9-. The van der Waals surface area contributed by atoms with Crippen LogP contribution in [0.4, 0.5) is 5.69 Å². The van der Waals surface area contributed by atoms with Crippen LogP contribution in [0.5, 0.6) is 0 Å². The number of halogens is 3. The fourth-order valence-electron chi connectivity index (χ4n) is 1.95. The molecule has 1 N–H and O–H groups in total. The first-order valence-corrected chi connectivity index (χ1v) is 10.6. The lowest BCUT2D eigenvalue weighted by molar-refractivity contribution is -0.119. The van der Waals surface area contributed by atoms with Crippen LogP contribution in [-0.2, 0) is 14.8 Å². The zero-order chi connectivity index (χ0) is 19.3. The Labute approximate surface area is 170 Å². The Morgan fingerprint density at radius 1 is 1.23 bits per heavy atom. The van der Waals surface area contributed by atoms with E-state index in [-0.39, 0.29) is 10.7 Å². The van der Waals surface area contributed by atoms with Crippen molar-refractivity contribution in [2.45, 2.75) is 0 Å². The fourth-order valence-corrected chi connectivity index (χ4v) is 3.51. The smallest absolute Gasteiger partial charge is 0.260 e. The van der Waals surface area contributed by atoms with Gasteiger partial charge in [-0.05, 0) is 35.9 Å². The first kappa shape index (κ1) is 20.7. The van der Waals surface area contributed by atoms with Crippen LogP contribution < -0.4 is 9.73 Å². The van der Waals surface area contributed by atoms with E-state index in [0.29, 0.717) is 5.02 Å². The van der Waals surface area contributed by atoms with E-state index < -0.39 is 22.5 Å². The van der Waals surface area contributed by atoms with Gasteiger partial charge in [0, 0.05) is 9.50 Å². The summed E-state index contributed by atoms with van der Waals surface area (Å²) in [4.78, 5) is 12.1. The van der Waals surface area contributed by atoms with E-state index in [2.05, 4.69) is 26.5 Å². The Kier molecular flexibility index (Phi) is 7.05. The number of carbonyl (C=O) groups excluding carboxylic acids is 1. The molecule has 0 aliphatic carbocycles. The summed E-state index contributed by atoms with van der Waals surface area (Å²) < 4.78 is 25.9. The number of anilines is 1. The van der Waals surface area contributed by atoms with Crippen molar-refractivity contribution in [3.8, 4) is 0 Å². The van der Waals surface area contributed by atoms with Gasteiger partial charge in [0.2, 0.25) is 10.0 Å². The molecule has 0 saturated heterocycles. The molecule has 6 nitrogen and oxygen atoms in total. The zero-order valence-electron chi connectivity index (χ0n) is 13.5. The van der Waals surface area contributed by atoms with Gasteiger partial charge in [0.15, 0.2) is 0 Å². The van der Waals surface area contributed by atoms with Crippen molar-refractivity contribution in [3.63, 3.8) is 0 Å². The molecule has 0 heterocycles. The number of hydrogen-bond acceptors (Lipinski definition) is 4. The highest BCUT2D eigenvalue weighted by Crippen LogP contribution is 2.30. The van der Waals surface area contributed by atoms with Crippen molar-refractivity contribution in [3.05, 3.63) is 62.5 Å². The third-order valence-corrected chi connectivity index (χ3v) is 5.35. The molecule has 0 fully saturated rings. The Balaban J connectivity index is 2.12. The molecule has 0 radical (unpaired) electrons. The van der Waals surface area contributed by atoms with Gasteiger partial charge in [0.1, 0.15) is 6.54 Å². The van der Waals surface area contributed by atoms with Crippen LogP contribution in [0.2, 0.25) is 10.0 Å². The predicted octanol–water partition coefficient (Wildman–Crippen LogP) is 3.67. The maximum atomic E-state index is 12.1. The first-order valence-electron chi connectivity index (χ1n) is 7.17. The minimum absolute atomic E-state index is 0.119. The van der Waals surface area contributed by atoms with Crippen molar-refractivity contribution in [1.82, 2.24) is 5.43 Å². The molecule has 0 saturated carbocycles. The van der Waals surface area contributed by atoms with E-state index in [0.717, 1.165) is 20.6 Å². The highest BCUT2D eigenvalue weighted by molar-refractivity contribution is 9.10. The van der Waals surface area contributed by atoms with E-state index >= 15 is 0 Å². The molecule has 1 amide bonds. The number of hydrogen-bond donors (Lipinski definition) is 1. The average molecular weight is 479 g/mol. The van der Waals surface area contributed by atoms with Crippen LogP contribution >= 0.6 is 39.1 Å². The number of benzene rings is 2. The van der Waals surface area contributed by atoms with Crippen LogP contribution in [0.15, 0.2) is 52.0 Å². The predicted molar refractivity (Wildman–Crippen MR) is 109 cm³/mol. The lowest BCUT2D eigenvalue weighted by atomic mass is 10.2. The molecule has 138 valence electrons. The van der Waals surface area contributed by atoms with Crippen molar-refractivity contribution >= 4 is 67.0 Å². The Morgan fingerprint density at radius 2 is 1.88 bits per heavy atom. The van der Waals surface area contributed by atoms with Gasteiger partial charge in [-0.1, -0.05) is 51.3 Å². The third kappa shape index (κ3) is 5.98. The largest absolute Gasteiger partial charge is 0.271 e. The van der Waals surface area contributed by atoms with E-state index in [1.165, 1.54) is 24.4 Å². The molecule has 0 atom stereocenters. The topological polar surface area (TPSA) is 78.8 Å². The summed E-state index contributed by atoms with van der Waals surface area (Å²) in [7, 11) is -3.76. The Hall–Kier alpha value is -1.61. The quantitative estimate of drug-likeness (QED) is 0.508. The summed E-state index contributed by atoms with van der Waals surface area (Å²) in [5.41, 5.74) is 3.18. The highest BCUT2D eigenvalue weighted by atomic mass is 79.9. The molecule has 0 aromatic heterocycles. The van der Waals surface area contributed by atoms with Gasteiger partial charge in [0.05, 0.1) is 23.2 Å². The van der Waals surface area contributed by atoms with Gasteiger partial charge >= 0.3 is 0 Å². The summed E-state index contributed by atoms with van der Waals surface area (Å²) in [6.07, 6.45) is 2.42. The van der Waals surface area contributed by atoms with E-state index in [9.17, 15) is 13.2 Å². The van der Waals surface area contributed by atoms with Gasteiger partial charge in [-0.2, -0.15) is 5.10 Å². The highest BCUT2D eigenvalue weighted by Gasteiger charge is 2.23. The number of nitrogens with zero attached hydrogens (tertiary/aromatic N) is 2. The summed E-state index contributed by atoms with van der Waals surface area (Å²) in [6, 6.07) is 11.6. The van der Waals surface area contributed by atoms with Gasteiger partial charge in [-0.3, -0.25) is 9.10 Å². The van der Waals surface area contributed by atoms with Crippen LogP contribution in [0, 0.1) is 0 Å². The maximum Gasteiger partial charge on any atom is 0.260 e. The summed E-state index contributed by atoms with van der Waals surface area (Å²) in [6.45, 7) is -0.490. The second-order valence-electron chi connectivity index (χ2n) is 5.21. The molecule has 0 spiro atoms. The van der Waals surface area contributed by atoms with Gasteiger partial charge in [0.25, 0.3) is 5.91 Å². The maximum absolute atomic E-state index is 12.1. The van der Waals surface area contributed by atoms with E-state index in [1.807, 2.05) is 12.1 Å². The molecule has 0 aliphatic heterocycles. The SMILES string of the molecule is CS(=O)(=O)N(CC(=O)N/N=C\c1ccc(Br)cc1)c1cc(Cl)ccc1Cl. The van der Waals surface area contributed by atoms with Crippen molar-refractivity contribution in [1.29, 1.82) is 0 Å². The number of hydrazone groups is 1. The molecular weight excluding hydrogens is 465 g/mol. The summed E-state index contributed by atoms with van der Waals surface area (Å²) >= 11 is 15.3. The van der Waals surface area contributed by atoms with Crippen molar-refractivity contribution in [2.75, 3.05) is 17.1 Å². The summed E-state index contributed by atoms with van der Waals surface area (Å²) in [5.74, 6) is -0.625. The second-order valence-corrected chi connectivity index (χ2v) is 8.88. The number of sulfonamides is 1. The number of carbonyl (C=O) groups is 1. The lowest BCUT2D eigenvalue weighted by Gasteiger charge is -2.22. The van der Waals surface area contributed by atoms with Gasteiger partial charge < -0.3 is 0 Å². The molecule has 0 bridgehead atoms. The Bertz CT molecular complexity index is 934. The first-order chi connectivity index (χ1) is 12.2. The molecule has 10 heteroatoms. The number of amides is 1. The molecule has 2 aromatic rings. The molecular formula is C16H14BrCl2N3O3S. The van der Waals surface area contributed by atoms with Crippen molar-refractivity contribution in [2.24, 2.45) is 5.10 Å². The number of rotatable bonds is 6. The molecule has 2 rings (SSSR count). The lowest BCUT2D eigenvalue weighted by Crippen LogP contribution is -2.39. The van der Waals surface area contributed by atoms with Gasteiger partial charge in [-0.15, -0.1) is 0 Å². The average Bonchev–Trinajstić information content (AvgIpc) is 2.56. The normalized spacial score (nSPS) is 11.5. The summed E-state index contributed by atoms with van der Waals surface area (Å²) in [5, 5.41) is 4.28. The van der Waals surface area contributed by atoms with Crippen LogP contribution in [0.25, 0.3) is 0 Å².